The van der Waals surface area contributed by atoms with Crippen molar-refractivity contribution in [3.8, 4) is 0 Å². The summed E-state index contributed by atoms with van der Waals surface area (Å²) in [5.74, 6) is 0.874. The maximum Gasteiger partial charge on any atom is 0.223 e. The number of aromatic amines is 1. The van der Waals surface area contributed by atoms with Crippen LogP contribution in [-0.4, -0.2) is 38.8 Å². The van der Waals surface area contributed by atoms with Gasteiger partial charge in [-0.3, -0.25) is 9.78 Å². The topological polar surface area (TPSA) is 61.9 Å². The number of aromatic nitrogens is 3. The summed E-state index contributed by atoms with van der Waals surface area (Å²) in [5.41, 5.74) is 2.43. The third-order valence-corrected chi connectivity index (χ3v) is 4.41. The summed E-state index contributed by atoms with van der Waals surface area (Å²) in [4.78, 5) is 25.9. The molecule has 1 saturated heterocycles. The van der Waals surface area contributed by atoms with Gasteiger partial charge in [-0.15, -0.1) is 0 Å². The Bertz CT molecular complexity index is 871. The number of rotatable bonds is 4. The zero-order valence-electron chi connectivity index (χ0n) is 13.1. The highest BCUT2D eigenvalue weighted by Crippen LogP contribution is 2.26. The second-order valence-electron chi connectivity index (χ2n) is 6.10. The van der Waals surface area contributed by atoms with Crippen molar-refractivity contribution in [1.82, 2.24) is 19.9 Å². The van der Waals surface area contributed by atoms with Crippen molar-refractivity contribution in [1.29, 1.82) is 0 Å². The number of hydrogen-bond acceptors (Lipinski definition) is 3. The standard InChI is InChI=1S/C18H17FN4O/c19-13-4-5-15-16(9-13)22-17(21-15)6-7-18(24)23-10-12(11-23)14-3-1-2-8-20-14/h1-5,8-9,12H,6-7,10-11H2,(H,21,22). The van der Waals surface area contributed by atoms with Gasteiger partial charge in [0.2, 0.25) is 5.91 Å². The van der Waals surface area contributed by atoms with Gasteiger partial charge in [0.1, 0.15) is 11.6 Å². The Balaban J connectivity index is 1.32. The summed E-state index contributed by atoms with van der Waals surface area (Å²) < 4.78 is 13.2. The highest BCUT2D eigenvalue weighted by molar-refractivity contribution is 5.78. The lowest BCUT2D eigenvalue weighted by Crippen LogP contribution is -2.48. The molecule has 0 aliphatic carbocycles. The molecule has 1 fully saturated rings. The van der Waals surface area contributed by atoms with Crippen LogP contribution in [0.4, 0.5) is 4.39 Å². The maximum absolute atomic E-state index is 13.2. The van der Waals surface area contributed by atoms with Crippen LogP contribution in [0.3, 0.4) is 0 Å². The van der Waals surface area contributed by atoms with Crippen LogP contribution in [0.25, 0.3) is 11.0 Å². The molecular weight excluding hydrogens is 307 g/mol. The normalized spacial score (nSPS) is 14.8. The lowest BCUT2D eigenvalue weighted by molar-refractivity contribution is -0.135. The highest BCUT2D eigenvalue weighted by atomic mass is 19.1. The van der Waals surface area contributed by atoms with Crippen molar-refractivity contribution in [2.75, 3.05) is 13.1 Å². The number of nitrogens with zero attached hydrogens (tertiary/aromatic N) is 3. The molecule has 0 spiro atoms. The van der Waals surface area contributed by atoms with E-state index >= 15 is 0 Å². The van der Waals surface area contributed by atoms with E-state index in [0.29, 0.717) is 30.1 Å². The van der Waals surface area contributed by atoms with Gasteiger partial charge in [-0.2, -0.15) is 0 Å². The predicted molar refractivity (Wildman–Crippen MR) is 87.9 cm³/mol. The zero-order chi connectivity index (χ0) is 16.5. The lowest BCUT2D eigenvalue weighted by Gasteiger charge is -2.39. The van der Waals surface area contributed by atoms with Gasteiger partial charge in [-0.25, -0.2) is 9.37 Å². The van der Waals surface area contributed by atoms with Crippen LogP contribution >= 0.6 is 0 Å². The van der Waals surface area contributed by atoms with Gasteiger partial charge in [-0.1, -0.05) is 6.07 Å². The molecule has 3 heterocycles. The first-order valence-corrected chi connectivity index (χ1v) is 8.02. The molecule has 0 saturated carbocycles. The Morgan fingerprint density at radius 1 is 1.29 bits per heavy atom. The molecule has 0 unspecified atom stereocenters. The second kappa shape index (κ2) is 6.03. The summed E-state index contributed by atoms with van der Waals surface area (Å²) in [6.07, 6.45) is 2.71. The molecule has 0 atom stereocenters. The van der Waals surface area contributed by atoms with Crippen LogP contribution in [0.2, 0.25) is 0 Å². The fraction of sp³-hybridized carbons (Fsp3) is 0.278. The number of carbonyl (C=O) groups is 1. The number of H-pyrrole nitrogens is 1. The van der Waals surface area contributed by atoms with Gasteiger partial charge in [0.15, 0.2) is 0 Å². The van der Waals surface area contributed by atoms with E-state index in [4.69, 9.17) is 0 Å². The molecule has 6 heteroatoms. The minimum atomic E-state index is -0.296. The number of imidazole rings is 1. The molecule has 1 amide bonds. The van der Waals surface area contributed by atoms with E-state index < -0.39 is 0 Å². The number of likely N-dealkylation sites (tertiary alicyclic amines) is 1. The Kier molecular flexibility index (Phi) is 3.72. The second-order valence-corrected chi connectivity index (χ2v) is 6.10. The molecule has 122 valence electrons. The van der Waals surface area contributed by atoms with Crippen LogP contribution in [0, 0.1) is 5.82 Å². The first-order chi connectivity index (χ1) is 11.7. The van der Waals surface area contributed by atoms with Crippen molar-refractivity contribution in [3.63, 3.8) is 0 Å². The van der Waals surface area contributed by atoms with E-state index in [1.54, 1.807) is 12.3 Å². The van der Waals surface area contributed by atoms with Crippen molar-refractivity contribution in [2.24, 2.45) is 0 Å². The van der Waals surface area contributed by atoms with Crippen molar-refractivity contribution in [2.45, 2.75) is 18.8 Å². The number of hydrogen-bond donors (Lipinski definition) is 1. The number of fused-ring (bicyclic) bond motifs is 1. The van der Waals surface area contributed by atoms with E-state index in [1.165, 1.54) is 12.1 Å². The lowest BCUT2D eigenvalue weighted by atomic mass is 9.95. The first-order valence-electron chi connectivity index (χ1n) is 8.02. The van der Waals surface area contributed by atoms with E-state index in [-0.39, 0.29) is 11.7 Å². The third kappa shape index (κ3) is 2.87. The Labute approximate surface area is 138 Å². The smallest absolute Gasteiger partial charge is 0.223 e. The molecule has 1 aliphatic rings. The maximum atomic E-state index is 13.2. The monoisotopic (exact) mass is 324 g/mol. The average molecular weight is 324 g/mol. The van der Waals surface area contributed by atoms with Gasteiger partial charge in [-0.05, 0) is 30.3 Å². The van der Waals surface area contributed by atoms with Crippen molar-refractivity contribution in [3.05, 3.63) is 59.9 Å². The number of carbonyl (C=O) groups excluding carboxylic acids is 1. The van der Waals surface area contributed by atoms with Gasteiger partial charge >= 0.3 is 0 Å². The molecule has 1 aromatic carbocycles. The number of benzene rings is 1. The molecule has 2 aromatic heterocycles. The molecule has 1 aliphatic heterocycles. The summed E-state index contributed by atoms with van der Waals surface area (Å²) in [6.45, 7) is 1.45. The number of amides is 1. The number of nitrogens with one attached hydrogen (secondary N) is 1. The quantitative estimate of drug-likeness (QED) is 0.802. The largest absolute Gasteiger partial charge is 0.342 e. The molecule has 1 N–H and O–H groups in total. The van der Waals surface area contributed by atoms with Gasteiger partial charge in [0, 0.05) is 43.7 Å². The Morgan fingerprint density at radius 2 is 2.17 bits per heavy atom. The molecule has 5 nitrogen and oxygen atoms in total. The third-order valence-electron chi connectivity index (χ3n) is 4.41. The number of pyridine rings is 1. The van der Waals surface area contributed by atoms with Gasteiger partial charge < -0.3 is 9.88 Å². The fourth-order valence-corrected chi connectivity index (χ4v) is 3.02. The minimum Gasteiger partial charge on any atom is -0.342 e. The van der Waals surface area contributed by atoms with Crippen LogP contribution in [0.5, 0.6) is 0 Å². The predicted octanol–water partition coefficient (Wildman–Crippen LogP) is 2.66. The first kappa shape index (κ1) is 14.8. The molecule has 0 radical (unpaired) electrons. The van der Waals surface area contributed by atoms with Gasteiger partial charge in [0.25, 0.3) is 0 Å². The Hall–Kier alpha value is -2.76. The fourth-order valence-electron chi connectivity index (χ4n) is 3.02. The SMILES string of the molecule is O=C(CCc1nc2ccc(F)cc2[nH]1)N1CC(c2ccccn2)C1. The van der Waals surface area contributed by atoms with Crippen LogP contribution in [0.15, 0.2) is 42.6 Å². The van der Waals surface area contributed by atoms with E-state index in [2.05, 4.69) is 15.0 Å². The van der Waals surface area contributed by atoms with E-state index in [9.17, 15) is 9.18 Å². The average Bonchev–Trinajstić information content (AvgIpc) is 2.94. The summed E-state index contributed by atoms with van der Waals surface area (Å²) >= 11 is 0. The Morgan fingerprint density at radius 3 is 2.96 bits per heavy atom. The van der Waals surface area contributed by atoms with Crippen LogP contribution in [-0.2, 0) is 11.2 Å². The molecule has 0 bridgehead atoms. The zero-order valence-corrected chi connectivity index (χ0v) is 13.1. The summed E-state index contributed by atoms with van der Waals surface area (Å²) in [5, 5.41) is 0. The van der Waals surface area contributed by atoms with Crippen LogP contribution < -0.4 is 0 Å². The van der Waals surface area contributed by atoms with E-state index in [1.807, 2.05) is 23.1 Å². The molecule has 24 heavy (non-hydrogen) atoms. The van der Waals surface area contributed by atoms with E-state index in [0.717, 1.165) is 24.3 Å². The number of aryl methyl sites for hydroxylation is 1. The van der Waals surface area contributed by atoms with Crippen molar-refractivity contribution < 1.29 is 9.18 Å². The number of halogens is 1. The molecular formula is C18H17FN4O. The molecule has 4 rings (SSSR count). The van der Waals surface area contributed by atoms with Crippen LogP contribution in [0.1, 0.15) is 23.9 Å². The highest BCUT2D eigenvalue weighted by Gasteiger charge is 2.32. The molecule has 3 aromatic rings. The minimum absolute atomic E-state index is 0.119. The van der Waals surface area contributed by atoms with Gasteiger partial charge in [0.05, 0.1) is 11.0 Å². The summed E-state index contributed by atoms with van der Waals surface area (Å²) in [6, 6.07) is 10.3. The summed E-state index contributed by atoms with van der Waals surface area (Å²) in [7, 11) is 0. The van der Waals surface area contributed by atoms with Crippen molar-refractivity contribution >= 4 is 16.9 Å².